The van der Waals surface area contributed by atoms with Crippen molar-refractivity contribution < 1.29 is 12.6 Å². The minimum absolute atomic E-state index is 0.745. The van der Waals surface area contributed by atoms with Gasteiger partial charge in [-0.2, -0.15) is 8.42 Å². The van der Waals surface area contributed by atoms with Crippen molar-refractivity contribution in [2.45, 2.75) is 26.4 Å². The molecule has 0 spiro atoms. The molecule has 0 radical (unpaired) electrons. The first-order valence-electron chi connectivity index (χ1n) is 2.70. The van der Waals surface area contributed by atoms with Crippen LogP contribution in [0.3, 0.4) is 0 Å². The van der Waals surface area contributed by atoms with E-state index in [1.807, 2.05) is 0 Å². The quantitative estimate of drug-likeness (QED) is 0.430. The Bertz CT molecular complexity index is 191. The molecule has 10 heavy (non-hydrogen) atoms. The van der Waals surface area contributed by atoms with E-state index in [1.165, 1.54) is 0 Å². The second kappa shape index (κ2) is 2.83. The lowest BCUT2D eigenvalue weighted by atomic mass is 10.2. The Morgan fingerprint density at radius 2 is 1.80 bits per heavy atom. The zero-order valence-corrected chi connectivity index (χ0v) is 7.03. The van der Waals surface area contributed by atoms with E-state index in [4.69, 9.17) is 0 Å². The number of nitrogens with one attached hydrogen (secondary N) is 1. The Morgan fingerprint density at radius 3 is 1.90 bits per heavy atom. The molecule has 0 unspecified atom stereocenters. The Kier molecular flexibility index (Phi) is 2.78. The van der Waals surface area contributed by atoms with Crippen LogP contribution >= 0.6 is 0 Å². The van der Waals surface area contributed by atoms with E-state index in [0.29, 0.717) is 0 Å². The molecule has 6 heteroatoms. The van der Waals surface area contributed by atoms with Crippen LogP contribution in [0.25, 0.3) is 0 Å². The van der Waals surface area contributed by atoms with Gasteiger partial charge in [-0.25, -0.2) is 0 Å². The maximum absolute atomic E-state index is 10.6. The summed E-state index contributed by atoms with van der Waals surface area (Å²) in [6.07, 6.45) is 0. The maximum Gasteiger partial charge on any atom is 0.349 e. The minimum atomic E-state index is -3.75. The van der Waals surface area contributed by atoms with Crippen LogP contribution in [0.4, 0.5) is 0 Å². The molecular weight excluding hydrogens is 156 g/mol. The van der Waals surface area contributed by atoms with Gasteiger partial charge in [-0.05, 0) is 20.8 Å². The number of hydrogen-bond acceptors (Lipinski definition) is 4. The second-order valence-electron chi connectivity index (χ2n) is 2.77. The van der Waals surface area contributed by atoms with E-state index >= 15 is 0 Å². The molecule has 0 aromatic rings. The molecular formula is C4H12N2O3S. The average molecular weight is 168 g/mol. The Hall–Kier alpha value is -0.170. The molecule has 0 aliphatic heterocycles. The van der Waals surface area contributed by atoms with Gasteiger partial charge in [0.1, 0.15) is 0 Å². The summed E-state index contributed by atoms with van der Waals surface area (Å²) in [5.74, 6) is 4.65. The highest BCUT2D eigenvalue weighted by Crippen LogP contribution is 2.08. The van der Waals surface area contributed by atoms with Gasteiger partial charge in [-0.15, -0.1) is 4.83 Å². The molecule has 0 saturated carbocycles. The molecule has 0 rings (SSSR count). The standard InChI is InChI=1S/C4H12N2O3S/c1-4(2,3)9-10(7,8)6-5/h6H,5H2,1-3H3. The lowest BCUT2D eigenvalue weighted by Crippen LogP contribution is -2.37. The van der Waals surface area contributed by atoms with Gasteiger partial charge in [0.15, 0.2) is 0 Å². The molecule has 62 valence electrons. The molecule has 0 bridgehead atoms. The zero-order chi connectivity index (χ0) is 8.41. The first-order valence-corrected chi connectivity index (χ1v) is 4.11. The smallest absolute Gasteiger partial charge is 0.256 e. The molecule has 0 aliphatic carbocycles. The largest absolute Gasteiger partial charge is 0.349 e. The van der Waals surface area contributed by atoms with E-state index in [0.717, 1.165) is 0 Å². The zero-order valence-electron chi connectivity index (χ0n) is 6.21. The first-order chi connectivity index (χ1) is 4.27. The van der Waals surface area contributed by atoms with Gasteiger partial charge in [0.25, 0.3) is 0 Å². The van der Waals surface area contributed by atoms with E-state index in [9.17, 15) is 8.42 Å². The third-order valence-corrected chi connectivity index (χ3v) is 1.51. The Morgan fingerprint density at radius 1 is 1.40 bits per heavy atom. The summed E-state index contributed by atoms with van der Waals surface area (Å²) in [6.45, 7) is 4.84. The monoisotopic (exact) mass is 168 g/mol. The molecule has 0 atom stereocenters. The molecule has 5 nitrogen and oxygen atoms in total. The summed E-state index contributed by atoms with van der Waals surface area (Å²) in [7, 11) is -3.75. The van der Waals surface area contributed by atoms with Crippen LogP contribution in [0, 0.1) is 0 Å². The minimum Gasteiger partial charge on any atom is -0.256 e. The van der Waals surface area contributed by atoms with Crippen molar-refractivity contribution in [1.29, 1.82) is 0 Å². The fourth-order valence-corrected chi connectivity index (χ4v) is 1.06. The average Bonchev–Trinajstić information content (AvgIpc) is 1.60. The van der Waals surface area contributed by atoms with Crippen molar-refractivity contribution in [3.63, 3.8) is 0 Å². The highest BCUT2D eigenvalue weighted by atomic mass is 32.2. The third kappa shape index (κ3) is 4.68. The summed E-state index contributed by atoms with van der Waals surface area (Å²) in [5.41, 5.74) is -0.745. The van der Waals surface area contributed by atoms with Crippen molar-refractivity contribution >= 4 is 10.3 Å². The van der Waals surface area contributed by atoms with Crippen molar-refractivity contribution in [2.24, 2.45) is 5.84 Å². The van der Waals surface area contributed by atoms with E-state index in [-0.39, 0.29) is 0 Å². The van der Waals surface area contributed by atoms with Crippen molar-refractivity contribution in [1.82, 2.24) is 4.83 Å². The van der Waals surface area contributed by atoms with Gasteiger partial charge in [0, 0.05) is 0 Å². The predicted molar refractivity (Wildman–Crippen MR) is 37.1 cm³/mol. The van der Waals surface area contributed by atoms with Gasteiger partial charge in [0.2, 0.25) is 0 Å². The van der Waals surface area contributed by atoms with Gasteiger partial charge in [0.05, 0.1) is 5.60 Å². The normalized spacial score (nSPS) is 13.6. The van der Waals surface area contributed by atoms with Crippen molar-refractivity contribution in [3.8, 4) is 0 Å². The summed E-state index contributed by atoms with van der Waals surface area (Å²) in [5, 5.41) is 0. The molecule has 0 amide bonds. The van der Waals surface area contributed by atoms with Crippen LogP contribution in [-0.2, 0) is 14.5 Å². The molecule has 0 aliphatic rings. The SMILES string of the molecule is CC(C)(C)OS(=O)(=O)NN. The molecule has 0 heterocycles. The molecule has 0 aromatic heterocycles. The first kappa shape index (κ1) is 9.83. The topological polar surface area (TPSA) is 81.4 Å². The van der Waals surface area contributed by atoms with Gasteiger partial charge in [-0.3, -0.25) is 10.0 Å². The van der Waals surface area contributed by atoms with Crippen LogP contribution in [0.1, 0.15) is 20.8 Å². The lowest BCUT2D eigenvalue weighted by Gasteiger charge is -2.17. The maximum atomic E-state index is 10.6. The predicted octanol–water partition coefficient (Wildman–Crippen LogP) is -0.490. The number of hydrazine groups is 1. The van der Waals surface area contributed by atoms with E-state index in [1.54, 1.807) is 25.6 Å². The number of rotatable bonds is 2. The second-order valence-corrected chi connectivity index (χ2v) is 4.08. The summed E-state index contributed by atoms with van der Waals surface area (Å²) in [6, 6.07) is 0. The van der Waals surface area contributed by atoms with Crippen LogP contribution in [0.5, 0.6) is 0 Å². The van der Waals surface area contributed by atoms with Crippen LogP contribution in [-0.4, -0.2) is 14.0 Å². The summed E-state index contributed by atoms with van der Waals surface area (Å²) >= 11 is 0. The van der Waals surface area contributed by atoms with Gasteiger partial charge in [-0.1, -0.05) is 0 Å². The summed E-state index contributed by atoms with van der Waals surface area (Å²) < 4.78 is 25.6. The van der Waals surface area contributed by atoms with Crippen molar-refractivity contribution in [3.05, 3.63) is 0 Å². The van der Waals surface area contributed by atoms with Crippen LogP contribution in [0.2, 0.25) is 0 Å². The lowest BCUT2D eigenvalue weighted by molar-refractivity contribution is 0.136. The highest BCUT2D eigenvalue weighted by molar-refractivity contribution is 7.84. The molecule has 0 fully saturated rings. The number of hydrogen-bond donors (Lipinski definition) is 2. The highest BCUT2D eigenvalue weighted by Gasteiger charge is 2.19. The van der Waals surface area contributed by atoms with Gasteiger partial charge >= 0.3 is 10.3 Å². The molecule has 3 N–H and O–H groups in total. The van der Waals surface area contributed by atoms with E-state index in [2.05, 4.69) is 10.0 Å². The fourth-order valence-electron chi connectivity index (χ4n) is 0.353. The molecule has 0 saturated heterocycles. The van der Waals surface area contributed by atoms with Crippen molar-refractivity contribution in [2.75, 3.05) is 0 Å². The van der Waals surface area contributed by atoms with Crippen LogP contribution in [0.15, 0.2) is 0 Å². The fraction of sp³-hybridized carbons (Fsp3) is 1.00. The van der Waals surface area contributed by atoms with Gasteiger partial charge < -0.3 is 0 Å². The Labute approximate surface area is 60.8 Å². The van der Waals surface area contributed by atoms with E-state index < -0.39 is 15.9 Å². The number of nitrogens with two attached hydrogens (primary N) is 1. The third-order valence-electron chi connectivity index (χ3n) is 0.504. The Balaban J connectivity index is 4.18. The molecule has 0 aromatic carbocycles. The summed E-state index contributed by atoms with van der Waals surface area (Å²) in [4.78, 5) is 1.55. The van der Waals surface area contributed by atoms with Crippen LogP contribution < -0.4 is 10.7 Å².